The molecule has 0 radical (unpaired) electrons. The highest BCUT2D eigenvalue weighted by Gasteiger charge is 2.35. The number of ketones is 1. The first-order valence-corrected chi connectivity index (χ1v) is 11.6. The molecule has 6 heteroatoms. The van der Waals surface area contributed by atoms with E-state index in [1.54, 1.807) is 6.20 Å². The number of anilines is 1. The van der Waals surface area contributed by atoms with E-state index in [4.69, 9.17) is 11.6 Å². The highest BCUT2D eigenvalue weighted by Crippen LogP contribution is 2.31. The van der Waals surface area contributed by atoms with E-state index in [2.05, 4.69) is 26.9 Å². The molecular weight excluding hydrogens is 434 g/mol. The Morgan fingerprint density at radius 2 is 1.55 bits per heavy atom. The molecule has 168 valence electrons. The van der Waals surface area contributed by atoms with Crippen LogP contribution < -0.4 is 4.90 Å². The van der Waals surface area contributed by atoms with Gasteiger partial charge in [0, 0.05) is 59.6 Å². The van der Waals surface area contributed by atoms with Crippen LogP contribution >= 0.6 is 11.6 Å². The monoisotopic (exact) mass is 459 g/mol. The minimum Gasteiger partial charge on any atom is -0.383 e. The molecule has 1 aliphatic heterocycles. The highest BCUT2D eigenvalue weighted by atomic mass is 35.5. The fourth-order valence-electron chi connectivity index (χ4n) is 4.73. The lowest BCUT2D eigenvalue weighted by molar-refractivity contribution is 0.0366. The first kappa shape index (κ1) is 21.7. The number of aliphatic hydroxyl groups is 1. The van der Waals surface area contributed by atoms with Crippen LogP contribution in [0.4, 0.5) is 5.69 Å². The molecule has 2 heterocycles. The Hall–Kier alpha value is -3.12. The van der Waals surface area contributed by atoms with Crippen molar-refractivity contribution >= 4 is 34.0 Å². The summed E-state index contributed by atoms with van der Waals surface area (Å²) in [5, 5.41) is 12.9. The summed E-state index contributed by atoms with van der Waals surface area (Å²) in [5.41, 5.74) is 3.47. The van der Waals surface area contributed by atoms with Gasteiger partial charge in [-0.1, -0.05) is 60.1 Å². The largest absolute Gasteiger partial charge is 0.383 e. The number of fused-ring (bicyclic) bond motifs is 1. The number of rotatable bonds is 6. The summed E-state index contributed by atoms with van der Waals surface area (Å²) in [7, 11) is 0. The standard InChI is InChI=1S/C27H26ClN3O2/c28-20-12-10-19(11-13-20)25(31-16-14-30(15-17-31)21-6-2-1-3-7-21)27(33)26(32)23-18-29-24-9-5-4-8-22(23)24/h1-13,18,25,27,29,33H,14-17H2. The quantitative estimate of drug-likeness (QED) is 0.401. The van der Waals surface area contributed by atoms with Crippen LogP contribution in [0.15, 0.2) is 85.1 Å². The summed E-state index contributed by atoms with van der Waals surface area (Å²) in [4.78, 5) is 21.2. The second-order valence-corrected chi connectivity index (χ2v) is 8.85. The van der Waals surface area contributed by atoms with Crippen molar-refractivity contribution in [3.63, 3.8) is 0 Å². The number of piperazine rings is 1. The van der Waals surface area contributed by atoms with Gasteiger partial charge in [-0.2, -0.15) is 0 Å². The van der Waals surface area contributed by atoms with E-state index in [1.807, 2.05) is 66.7 Å². The van der Waals surface area contributed by atoms with Crippen LogP contribution in [0.25, 0.3) is 10.9 Å². The predicted octanol–water partition coefficient (Wildman–Crippen LogP) is 4.93. The van der Waals surface area contributed by atoms with Gasteiger partial charge in [-0.05, 0) is 35.9 Å². The van der Waals surface area contributed by atoms with Crippen molar-refractivity contribution in [1.82, 2.24) is 9.88 Å². The van der Waals surface area contributed by atoms with Crippen LogP contribution in [0.5, 0.6) is 0 Å². The Balaban J connectivity index is 1.42. The molecule has 0 aliphatic carbocycles. The van der Waals surface area contributed by atoms with Gasteiger partial charge in [-0.25, -0.2) is 0 Å². The van der Waals surface area contributed by atoms with Gasteiger partial charge in [0.2, 0.25) is 0 Å². The number of nitrogens with zero attached hydrogens (tertiary/aromatic N) is 2. The van der Waals surface area contributed by atoms with Gasteiger partial charge in [0.05, 0.1) is 6.04 Å². The number of H-pyrrole nitrogens is 1. The van der Waals surface area contributed by atoms with E-state index in [1.165, 1.54) is 5.69 Å². The number of para-hydroxylation sites is 2. The Labute approximate surface area is 198 Å². The number of hydrogen-bond acceptors (Lipinski definition) is 4. The lowest BCUT2D eigenvalue weighted by atomic mass is 9.93. The molecule has 4 aromatic rings. The molecule has 33 heavy (non-hydrogen) atoms. The molecule has 2 unspecified atom stereocenters. The normalized spacial score (nSPS) is 16.6. The van der Waals surface area contributed by atoms with E-state index >= 15 is 0 Å². The summed E-state index contributed by atoms with van der Waals surface area (Å²) in [6.45, 7) is 3.12. The van der Waals surface area contributed by atoms with Crippen molar-refractivity contribution in [2.24, 2.45) is 0 Å². The summed E-state index contributed by atoms with van der Waals surface area (Å²) in [5.74, 6) is -0.280. The lowest BCUT2D eigenvalue weighted by Gasteiger charge is -2.41. The molecule has 1 aliphatic rings. The number of Topliss-reactive ketones (excluding diaryl/α,β-unsaturated/α-hetero) is 1. The zero-order valence-corrected chi connectivity index (χ0v) is 18.9. The number of carbonyl (C=O) groups excluding carboxylic acids is 1. The van der Waals surface area contributed by atoms with E-state index in [0.29, 0.717) is 10.6 Å². The maximum absolute atomic E-state index is 13.5. The molecule has 5 nitrogen and oxygen atoms in total. The molecule has 5 rings (SSSR count). The van der Waals surface area contributed by atoms with Crippen LogP contribution in [-0.2, 0) is 0 Å². The maximum Gasteiger partial charge on any atom is 0.195 e. The summed E-state index contributed by atoms with van der Waals surface area (Å²) >= 11 is 6.12. The highest BCUT2D eigenvalue weighted by molar-refractivity contribution is 6.30. The second kappa shape index (κ2) is 9.40. The van der Waals surface area contributed by atoms with Crippen molar-refractivity contribution in [3.8, 4) is 0 Å². The average molecular weight is 460 g/mol. The van der Waals surface area contributed by atoms with Gasteiger partial charge in [0.1, 0.15) is 6.10 Å². The van der Waals surface area contributed by atoms with E-state index in [-0.39, 0.29) is 5.78 Å². The van der Waals surface area contributed by atoms with E-state index in [9.17, 15) is 9.90 Å². The number of aromatic amines is 1. The summed E-state index contributed by atoms with van der Waals surface area (Å²) in [6, 6.07) is 25.0. The molecular formula is C27H26ClN3O2. The summed E-state index contributed by atoms with van der Waals surface area (Å²) in [6.07, 6.45) is 0.497. The number of aromatic nitrogens is 1. The minimum absolute atomic E-state index is 0.280. The number of carbonyl (C=O) groups is 1. The van der Waals surface area contributed by atoms with Crippen LogP contribution in [-0.4, -0.2) is 53.1 Å². The van der Waals surface area contributed by atoms with Crippen molar-refractivity contribution in [3.05, 3.63) is 101 Å². The van der Waals surface area contributed by atoms with Crippen LogP contribution in [0, 0.1) is 0 Å². The van der Waals surface area contributed by atoms with Crippen LogP contribution in [0.3, 0.4) is 0 Å². The third-order valence-electron chi connectivity index (χ3n) is 6.46. The molecule has 2 N–H and O–H groups in total. The molecule has 0 saturated carbocycles. The minimum atomic E-state index is -1.20. The molecule has 0 spiro atoms. The topological polar surface area (TPSA) is 59.6 Å². The van der Waals surface area contributed by atoms with E-state index < -0.39 is 12.1 Å². The van der Waals surface area contributed by atoms with Crippen molar-refractivity contribution in [2.45, 2.75) is 12.1 Å². The number of nitrogens with one attached hydrogen (secondary N) is 1. The Bertz CT molecular complexity index is 1230. The van der Waals surface area contributed by atoms with Gasteiger partial charge in [-0.3, -0.25) is 9.69 Å². The fraction of sp³-hybridized carbons (Fsp3) is 0.222. The number of benzene rings is 3. The van der Waals surface area contributed by atoms with Crippen LogP contribution in [0.1, 0.15) is 22.0 Å². The SMILES string of the molecule is O=C(c1c[nH]c2ccccc12)C(O)C(c1ccc(Cl)cc1)N1CCN(c2ccccc2)CC1. The van der Waals surface area contributed by atoms with Crippen LogP contribution in [0.2, 0.25) is 5.02 Å². The van der Waals surface area contributed by atoms with E-state index in [0.717, 1.165) is 42.6 Å². The molecule has 1 saturated heterocycles. The molecule has 2 atom stereocenters. The molecule has 0 amide bonds. The number of halogens is 1. The average Bonchev–Trinajstić information content (AvgIpc) is 3.30. The lowest BCUT2D eigenvalue weighted by Crippen LogP contribution is -2.51. The molecule has 3 aromatic carbocycles. The zero-order chi connectivity index (χ0) is 22.8. The molecule has 0 bridgehead atoms. The number of aliphatic hydroxyl groups excluding tert-OH is 1. The second-order valence-electron chi connectivity index (χ2n) is 8.41. The third kappa shape index (κ3) is 4.40. The Morgan fingerprint density at radius 1 is 0.879 bits per heavy atom. The molecule has 1 aromatic heterocycles. The predicted molar refractivity (Wildman–Crippen MR) is 133 cm³/mol. The molecule has 1 fully saturated rings. The Morgan fingerprint density at radius 3 is 2.27 bits per heavy atom. The smallest absolute Gasteiger partial charge is 0.195 e. The first-order chi connectivity index (χ1) is 16.1. The fourth-order valence-corrected chi connectivity index (χ4v) is 4.85. The van der Waals surface area contributed by atoms with Crippen molar-refractivity contribution < 1.29 is 9.90 Å². The van der Waals surface area contributed by atoms with Gasteiger partial charge in [0.25, 0.3) is 0 Å². The zero-order valence-electron chi connectivity index (χ0n) is 18.2. The number of hydrogen-bond donors (Lipinski definition) is 2. The van der Waals surface area contributed by atoms with Gasteiger partial charge in [-0.15, -0.1) is 0 Å². The van der Waals surface area contributed by atoms with Gasteiger partial charge >= 0.3 is 0 Å². The van der Waals surface area contributed by atoms with Crippen molar-refractivity contribution in [2.75, 3.05) is 31.1 Å². The van der Waals surface area contributed by atoms with Crippen molar-refractivity contribution in [1.29, 1.82) is 0 Å². The summed E-state index contributed by atoms with van der Waals surface area (Å²) < 4.78 is 0. The van der Waals surface area contributed by atoms with Gasteiger partial charge in [0.15, 0.2) is 5.78 Å². The maximum atomic E-state index is 13.5. The third-order valence-corrected chi connectivity index (χ3v) is 6.71. The first-order valence-electron chi connectivity index (χ1n) is 11.2. The van der Waals surface area contributed by atoms with Gasteiger partial charge < -0.3 is 15.0 Å². The Kier molecular flexibility index (Phi) is 6.18.